The molecule has 8 nitrogen and oxygen atoms in total. The Labute approximate surface area is 300 Å². The first-order chi connectivity index (χ1) is 24.9. The predicted molar refractivity (Wildman–Crippen MR) is 200 cm³/mol. The summed E-state index contributed by atoms with van der Waals surface area (Å²) in [6.07, 6.45) is 7.81. The van der Waals surface area contributed by atoms with Crippen molar-refractivity contribution in [3.63, 3.8) is 0 Å². The first-order valence-electron chi connectivity index (χ1n) is 18.2. The van der Waals surface area contributed by atoms with E-state index in [0.717, 1.165) is 83.0 Å². The summed E-state index contributed by atoms with van der Waals surface area (Å²) in [5.74, 6) is 0.193. The van der Waals surface area contributed by atoms with E-state index < -0.39 is 0 Å². The third kappa shape index (κ3) is 5.41. The molecule has 0 N–H and O–H groups in total. The van der Waals surface area contributed by atoms with Crippen molar-refractivity contribution in [1.29, 1.82) is 0 Å². The summed E-state index contributed by atoms with van der Waals surface area (Å²) < 4.78 is 12.6. The molecule has 3 aliphatic heterocycles. The molecule has 4 amide bonds. The van der Waals surface area contributed by atoms with Gasteiger partial charge in [-0.1, -0.05) is 88.8 Å². The van der Waals surface area contributed by atoms with Gasteiger partial charge < -0.3 is 9.47 Å². The number of fused-ring (bicyclic) bond motifs is 1. The zero-order valence-electron chi connectivity index (χ0n) is 29.0. The number of amides is 4. The SMILES string of the molecule is CCCCCCN1C(=O)c2cccc3c(-c4sc(-c5ccc6c7c(cccc57)C(=O)N(CCCCCC)C6=O)c5c4OCCO5)ccc(c23)C1=O. The molecule has 0 fully saturated rings. The van der Waals surface area contributed by atoms with Crippen LogP contribution in [-0.4, -0.2) is 59.7 Å². The number of rotatable bonds is 12. The van der Waals surface area contributed by atoms with Crippen LogP contribution in [0.15, 0.2) is 60.7 Å². The number of benzene rings is 4. The minimum Gasteiger partial charge on any atom is -0.485 e. The van der Waals surface area contributed by atoms with Gasteiger partial charge in [0.15, 0.2) is 11.5 Å². The molecule has 0 bridgehead atoms. The van der Waals surface area contributed by atoms with Crippen LogP contribution in [0.4, 0.5) is 0 Å². The van der Waals surface area contributed by atoms with Gasteiger partial charge in [0.25, 0.3) is 23.6 Å². The lowest BCUT2D eigenvalue weighted by molar-refractivity contribution is 0.0592. The molecule has 0 atom stereocenters. The molecule has 260 valence electrons. The van der Waals surface area contributed by atoms with Crippen LogP contribution >= 0.6 is 11.3 Å². The monoisotopic (exact) mass is 700 g/mol. The van der Waals surface area contributed by atoms with Crippen LogP contribution < -0.4 is 9.47 Å². The number of imide groups is 2. The Hall–Kier alpha value is -5.02. The Morgan fingerprint density at radius 3 is 1.31 bits per heavy atom. The van der Waals surface area contributed by atoms with Gasteiger partial charge in [0, 0.05) is 57.2 Å². The summed E-state index contributed by atoms with van der Waals surface area (Å²) in [5.41, 5.74) is 3.80. The average Bonchev–Trinajstić information content (AvgIpc) is 3.54. The number of unbranched alkanes of at least 4 members (excludes halogenated alkanes) is 6. The normalized spacial score (nSPS) is 15.1. The van der Waals surface area contributed by atoms with Gasteiger partial charge in [-0.3, -0.25) is 29.0 Å². The van der Waals surface area contributed by atoms with Crippen molar-refractivity contribution in [2.24, 2.45) is 0 Å². The third-order valence-electron chi connectivity index (χ3n) is 10.3. The highest BCUT2D eigenvalue weighted by atomic mass is 32.1. The Kier molecular flexibility index (Phi) is 8.84. The van der Waals surface area contributed by atoms with Crippen molar-refractivity contribution in [2.75, 3.05) is 26.3 Å². The first-order valence-corrected chi connectivity index (χ1v) is 19.0. The Morgan fingerprint density at radius 1 is 0.510 bits per heavy atom. The largest absolute Gasteiger partial charge is 0.485 e. The number of nitrogens with zero attached hydrogens (tertiary/aromatic N) is 2. The molecule has 0 unspecified atom stereocenters. The second-order valence-corrected chi connectivity index (χ2v) is 14.6. The molecule has 0 saturated heterocycles. The van der Waals surface area contributed by atoms with Crippen LogP contribution in [0, 0.1) is 0 Å². The summed E-state index contributed by atoms with van der Waals surface area (Å²) >= 11 is 1.51. The van der Waals surface area contributed by atoms with Gasteiger partial charge in [-0.15, -0.1) is 11.3 Å². The Bertz CT molecular complexity index is 2050. The van der Waals surface area contributed by atoms with Crippen molar-refractivity contribution < 1.29 is 28.7 Å². The van der Waals surface area contributed by atoms with E-state index in [-0.39, 0.29) is 23.6 Å². The number of hydrogen-bond donors (Lipinski definition) is 0. The van der Waals surface area contributed by atoms with Gasteiger partial charge in [-0.05, 0) is 47.9 Å². The molecule has 51 heavy (non-hydrogen) atoms. The predicted octanol–water partition coefficient (Wildman–Crippen LogP) is 9.51. The van der Waals surface area contributed by atoms with E-state index in [9.17, 15) is 19.2 Å². The molecule has 0 spiro atoms. The van der Waals surface area contributed by atoms with E-state index in [2.05, 4.69) is 13.8 Å². The zero-order chi connectivity index (χ0) is 35.2. The molecular weight excluding hydrogens is 661 g/mol. The minimum absolute atomic E-state index is 0.257. The van der Waals surface area contributed by atoms with Crippen LogP contribution in [0.5, 0.6) is 11.5 Å². The van der Waals surface area contributed by atoms with Crippen molar-refractivity contribution in [3.05, 3.63) is 82.9 Å². The summed E-state index contributed by atoms with van der Waals surface area (Å²) in [4.78, 5) is 59.3. The zero-order valence-corrected chi connectivity index (χ0v) is 29.8. The van der Waals surface area contributed by atoms with Crippen LogP contribution in [0.25, 0.3) is 42.4 Å². The quantitative estimate of drug-likeness (QED) is 0.0951. The van der Waals surface area contributed by atoms with Gasteiger partial charge in [0.1, 0.15) is 13.2 Å². The highest BCUT2D eigenvalue weighted by molar-refractivity contribution is 7.20. The highest BCUT2D eigenvalue weighted by Gasteiger charge is 2.36. The molecule has 4 aromatic carbocycles. The molecule has 9 heteroatoms. The van der Waals surface area contributed by atoms with E-state index in [0.29, 0.717) is 70.8 Å². The Morgan fingerprint density at radius 2 is 0.902 bits per heavy atom. The maximum Gasteiger partial charge on any atom is 0.261 e. The lowest BCUT2D eigenvalue weighted by Crippen LogP contribution is -2.40. The number of carbonyl (C=O) groups excluding carboxylic acids is 4. The summed E-state index contributed by atoms with van der Waals surface area (Å²) in [5, 5.41) is 2.92. The topological polar surface area (TPSA) is 93.2 Å². The second-order valence-electron chi connectivity index (χ2n) is 13.5. The fourth-order valence-electron chi connectivity index (χ4n) is 7.79. The standard InChI is InChI=1S/C42H40N2O6S/c1-3-5-7-9-21-43-39(45)29-15-11-13-25-27(17-19-31(33(25)29)41(43)47)37-35-36(50-24-23-49-35)38(51-37)28-18-20-32-34-26(28)14-12-16-30(34)40(46)44(42(32)48)22-10-8-6-4-2/h11-20H,3-10,21-24H2,1-2H3. The number of ether oxygens (including phenoxy) is 2. The summed E-state index contributed by atoms with van der Waals surface area (Å²) in [6.45, 7) is 5.84. The fourth-order valence-corrected chi connectivity index (χ4v) is 9.06. The smallest absolute Gasteiger partial charge is 0.261 e. The number of thiophene rings is 1. The van der Waals surface area contributed by atoms with Crippen LogP contribution in [0.2, 0.25) is 0 Å². The molecule has 0 saturated carbocycles. The van der Waals surface area contributed by atoms with E-state index in [1.807, 2.05) is 60.7 Å². The van der Waals surface area contributed by atoms with Crippen LogP contribution in [-0.2, 0) is 0 Å². The van der Waals surface area contributed by atoms with Gasteiger partial charge in [0.2, 0.25) is 0 Å². The van der Waals surface area contributed by atoms with E-state index in [1.165, 1.54) is 21.1 Å². The molecule has 1 aromatic heterocycles. The highest BCUT2D eigenvalue weighted by Crippen LogP contribution is 2.56. The molecule has 0 radical (unpaired) electrons. The van der Waals surface area contributed by atoms with Crippen LogP contribution in [0.3, 0.4) is 0 Å². The van der Waals surface area contributed by atoms with E-state index in [1.54, 1.807) is 0 Å². The van der Waals surface area contributed by atoms with Gasteiger partial charge in [-0.25, -0.2) is 0 Å². The number of carbonyl (C=O) groups is 4. The first kappa shape index (κ1) is 33.1. The third-order valence-corrected chi connectivity index (χ3v) is 11.6. The molecule has 8 rings (SSSR count). The Balaban J connectivity index is 1.22. The maximum atomic E-state index is 13.7. The molecular formula is C42H40N2O6S. The van der Waals surface area contributed by atoms with E-state index >= 15 is 0 Å². The lowest BCUT2D eigenvalue weighted by Gasteiger charge is -2.28. The molecule has 3 aliphatic rings. The van der Waals surface area contributed by atoms with Crippen molar-refractivity contribution in [2.45, 2.75) is 65.2 Å². The second kappa shape index (κ2) is 13.6. The van der Waals surface area contributed by atoms with Crippen molar-refractivity contribution in [1.82, 2.24) is 9.80 Å². The van der Waals surface area contributed by atoms with Gasteiger partial charge >= 0.3 is 0 Å². The van der Waals surface area contributed by atoms with Gasteiger partial charge in [0.05, 0.1) is 9.75 Å². The van der Waals surface area contributed by atoms with Crippen molar-refractivity contribution in [3.8, 4) is 32.4 Å². The molecule has 5 aromatic rings. The minimum atomic E-state index is -0.257. The van der Waals surface area contributed by atoms with Crippen LogP contribution in [0.1, 0.15) is 107 Å². The van der Waals surface area contributed by atoms with Gasteiger partial charge in [-0.2, -0.15) is 0 Å². The fraction of sp³-hybridized carbons (Fsp3) is 0.333. The number of hydrogen-bond acceptors (Lipinski definition) is 7. The van der Waals surface area contributed by atoms with E-state index in [4.69, 9.17) is 9.47 Å². The molecule has 0 aliphatic carbocycles. The maximum absolute atomic E-state index is 13.7. The lowest BCUT2D eigenvalue weighted by atomic mass is 9.90. The summed E-state index contributed by atoms with van der Waals surface area (Å²) in [6, 6.07) is 18.8. The molecule has 4 heterocycles. The summed E-state index contributed by atoms with van der Waals surface area (Å²) in [7, 11) is 0. The van der Waals surface area contributed by atoms with Crippen molar-refractivity contribution >= 4 is 56.5 Å². The average molecular weight is 701 g/mol.